The van der Waals surface area contributed by atoms with Crippen molar-refractivity contribution in [3.63, 3.8) is 0 Å². The zero-order valence-corrected chi connectivity index (χ0v) is 16.3. The maximum absolute atomic E-state index is 12.7. The van der Waals surface area contributed by atoms with Gasteiger partial charge in [-0.3, -0.25) is 4.90 Å². The Balaban J connectivity index is 1.56. The molecule has 2 aromatic carbocycles. The van der Waals surface area contributed by atoms with Crippen molar-refractivity contribution in [1.29, 1.82) is 0 Å². The zero-order valence-electron chi connectivity index (χ0n) is 14.8. The van der Waals surface area contributed by atoms with E-state index in [1.165, 1.54) is 5.56 Å². The summed E-state index contributed by atoms with van der Waals surface area (Å²) >= 11 is 6.10. The zero-order chi connectivity index (χ0) is 18.6. The molecule has 1 aliphatic heterocycles. The SMILES string of the molecule is COc1ccc(CN2CCN(S(=O)(=O)Cc3ccccc3Cl)CC2)cc1. The van der Waals surface area contributed by atoms with Crippen LogP contribution < -0.4 is 4.74 Å². The van der Waals surface area contributed by atoms with E-state index in [9.17, 15) is 8.42 Å². The van der Waals surface area contributed by atoms with E-state index in [4.69, 9.17) is 16.3 Å². The molecule has 1 heterocycles. The van der Waals surface area contributed by atoms with Crippen molar-refractivity contribution in [2.45, 2.75) is 12.3 Å². The molecular weight excluding hydrogens is 372 g/mol. The fourth-order valence-corrected chi connectivity index (χ4v) is 4.89. The lowest BCUT2D eigenvalue weighted by molar-refractivity contribution is 0.181. The van der Waals surface area contributed by atoms with Crippen LogP contribution >= 0.6 is 11.6 Å². The van der Waals surface area contributed by atoms with E-state index in [0.29, 0.717) is 36.8 Å². The van der Waals surface area contributed by atoms with Gasteiger partial charge in [0.2, 0.25) is 10.0 Å². The van der Waals surface area contributed by atoms with Gasteiger partial charge in [-0.1, -0.05) is 41.9 Å². The molecule has 0 N–H and O–H groups in total. The third-order valence-corrected chi connectivity index (χ3v) is 6.78. The van der Waals surface area contributed by atoms with Crippen molar-refractivity contribution >= 4 is 21.6 Å². The standard InChI is InChI=1S/C19H23ClN2O3S/c1-25-18-8-6-16(7-9-18)14-21-10-12-22(13-11-21)26(23,24)15-17-4-2-3-5-19(17)20/h2-9H,10-15H2,1H3. The minimum absolute atomic E-state index is 0.0504. The van der Waals surface area contributed by atoms with Gasteiger partial charge in [-0.2, -0.15) is 4.31 Å². The van der Waals surface area contributed by atoms with Crippen LogP contribution in [0.15, 0.2) is 48.5 Å². The van der Waals surface area contributed by atoms with Crippen molar-refractivity contribution in [1.82, 2.24) is 9.21 Å². The van der Waals surface area contributed by atoms with Crippen LogP contribution in [-0.2, 0) is 22.3 Å². The van der Waals surface area contributed by atoms with Gasteiger partial charge in [0.15, 0.2) is 0 Å². The number of hydrogen-bond acceptors (Lipinski definition) is 4. The molecule has 5 nitrogen and oxygen atoms in total. The Kier molecular flexibility index (Phi) is 6.19. The maximum atomic E-state index is 12.7. The number of hydrogen-bond donors (Lipinski definition) is 0. The van der Waals surface area contributed by atoms with Crippen LogP contribution in [0.4, 0.5) is 0 Å². The fourth-order valence-electron chi connectivity index (χ4n) is 3.06. The minimum atomic E-state index is -3.36. The molecule has 3 rings (SSSR count). The van der Waals surface area contributed by atoms with Crippen LogP contribution in [0.1, 0.15) is 11.1 Å². The number of halogens is 1. The van der Waals surface area contributed by atoms with E-state index < -0.39 is 10.0 Å². The van der Waals surface area contributed by atoms with Crippen LogP contribution in [0.5, 0.6) is 5.75 Å². The topological polar surface area (TPSA) is 49.9 Å². The van der Waals surface area contributed by atoms with Crippen molar-refractivity contribution in [2.75, 3.05) is 33.3 Å². The highest BCUT2D eigenvalue weighted by molar-refractivity contribution is 7.88. The lowest BCUT2D eigenvalue weighted by Crippen LogP contribution is -2.48. The van der Waals surface area contributed by atoms with Crippen molar-refractivity contribution in [3.8, 4) is 5.75 Å². The maximum Gasteiger partial charge on any atom is 0.218 e. The number of piperazine rings is 1. The normalized spacial score (nSPS) is 16.5. The first-order valence-electron chi connectivity index (χ1n) is 8.54. The molecule has 0 aliphatic carbocycles. The Hall–Kier alpha value is -1.60. The molecule has 0 amide bonds. The molecule has 1 saturated heterocycles. The second kappa shape index (κ2) is 8.39. The Labute approximate surface area is 160 Å². The third kappa shape index (κ3) is 4.76. The van der Waals surface area contributed by atoms with E-state index in [-0.39, 0.29) is 5.75 Å². The Morgan fingerprint density at radius 3 is 2.27 bits per heavy atom. The number of methoxy groups -OCH3 is 1. The summed E-state index contributed by atoms with van der Waals surface area (Å²) in [5.41, 5.74) is 1.84. The monoisotopic (exact) mass is 394 g/mol. The molecule has 1 fully saturated rings. The first-order chi connectivity index (χ1) is 12.5. The molecule has 140 valence electrons. The Morgan fingerprint density at radius 1 is 1.00 bits per heavy atom. The van der Waals surface area contributed by atoms with Crippen LogP contribution in [0.2, 0.25) is 5.02 Å². The number of rotatable bonds is 6. The summed E-state index contributed by atoms with van der Waals surface area (Å²) in [5, 5.41) is 0.495. The average Bonchev–Trinajstić information content (AvgIpc) is 2.65. The van der Waals surface area contributed by atoms with Crippen LogP contribution in [-0.4, -0.2) is 50.9 Å². The summed E-state index contributed by atoms with van der Waals surface area (Å²) in [4.78, 5) is 2.27. The van der Waals surface area contributed by atoms with E-state index in [1.807, 2.05) is 30.3 Å². The summed E-state index contributed by atoms with van der Waals surface area (Å²) in [5.74, 6) is 0.787. The van der Waals surface area contributed by atoms with Gasteiger partial charge < -0.3 is 4.74 Å². The first kappa shape index (κ1) is 19.2. The second-order valence-electron chi connectivity index (χ2n) is 6.37. The summed E-state index contributed by atoms with van der Waals surface area (Å²) < 4.78 is 32.1. The number of benzene rings is 2. The van der Waals surface area contributed by atoms with Gasteiger partial charge in [-0.05, 0) is 29.3 Å². The van der Waals surface area contributed by atoms with E-state index in [0.717, 1.165) is 12.3 Å². The Bertz CT molecular complexity index is 832. The molecular formula is C19H23ClN2O3S. The quantitative estimate of drug-likeness (QED) is 0.755. The minimum Gasteiger partial charge on any atom is -0.497 e. The van der Waals surface area contributed by atoms with E-state index in [1.54, 1.807) is 29.6 Å². The summed E-state index contributed by atoms with van der Waals surface area (Å²) in [7, 11) is -1.71. The fraction of sp³-hybridized carbons (Fsp3) is 0.368. The highest BCUT2D eigenvalue weighted by atomic mass is 35.5. The van der Waals surface area contributed by atoms with Crippen LogP contribution in [0, 0.1) is 0 Å². The largest absolute Gasteiger partial charge is 0.497 e. The third-order valence-electron chi connectivity index (χ3n) is 4.59. The van der Waals surface area contributed by atoms with Gasteiger partial charge in [0, 0.05) is 37.7 Å². The molecule has 0 saturated carbocycles. The summed E-state index contributed by atoms with van der Waals surface area (Å²) in [6.45, 7) is 3.25. The van der Waals surface area contributed by atoms with Crippen LogP contribution in [0.25, 0.3) is 0 Å². The molecule has 7 heteroatoms. The molecule has 0 aromatic heterocycles. The van der Waals surface area contributed by atoms with E-state index >= 15 is 0 Å². The molecule has 0 unspecified atom stereocenters. The smallest absolute Gasteiger partial charge is 0.218 e. The first-order valence-corrected chi connectivity index (χ1v) is 10.5. The Morgan fingerprint density at radius 2 is 1.65 bits per heavy atom. The molecule has 0 atom stereocenters. The number of sulfonamides is 1. The predicted molar refractivity (Wildman–Crippen MR) is 104 cm³/mol. The highest BCUT2D eigenvalue weighted by Gasteiger charge is 2.27. The molecule has 1 aliphatic rings. The van der Waals surface area contributed by atoms with Gasteiger partial charge in [-0.25, -0.2) is 8.42 Å². The predicted octanol–water partition coefficient (Wildman–Crippen LogP) is 3.00. The molecule has 2 aromatic rings. The molecule has 0 spiro atoms. The molecule has 26 heavy (non-hydrogen) atoms. The lowest BCUT2D eigenvalue weighted by atomic mass is 10.2. The average molecular weight is 395 g/mol. The van der Waals surface area contributed by atoms with Gasteiger partial charge in [0.25, 0.3) is 0 Å². The summed E-state index contributed by atoms with van der Waals surface area (Å²) in [6, 6.07) is 15.1. The van der Waals surface area contributed by atoms with Gasteiger partial charge in [-0.15, -0.1) is 0 Å². The van der Waals surface area contributed by atoms with Gasteiger partial charge in [0.05, 0.1) is 12.9 Å². The van der Waals surface area contributed by atoms with Crippen LogP contribution in [0.3, 0.4) is 0 Å². The van der Waals surface area contributed by atoms with Crippen molar-refractivity contribution in [3.05, 3.63) is 64.7 Å². The number of nitrogens with zero attached hydrogens (tertiary/aromatic N) is 2. The summed E-state index contributed by atoms with van der Waals surface area (Å²) in [6.07, 6.45) is 0. The molecule has 0 bridgehead atoms. The second-order valence-corrected chi connectivity index (χ2v) is 8.75. The van der Waals surface area contributed by atoms with Crippen molar-refractivity contribution in [2.24, 2.45) is 0 Å². The van der Waals surface area contributed by atoms with E-state index in [2.05, 4.69) is 4.90 Å². The lowest BCUT2D eigenvalue weighted by Gasteiger charge is -2.34. The number of ether oxygens (including phenoxy) is 1. The molecule has 0 radical (unpaired) electrons. The van der Waals surface area contributed by atoms with Gasteiger partial charge >= 0.3 is 0 Å². The van der Waals surface area contributed by atoms with Crippen molar-refractivity contribution < 1.29 is 13.2 Å². The highest BCUT2D eigenvalue weighted by Crippen LogP contribution is 2.21. The van der Waals surface area contributed by atoms with Gasteiger partial charge in [0.1, 0.15) is 5.75 Å².